The van der Waals surface area contributed by atoms with Crippen LogP contribution in [0.25, 0.3) is 0 Å². The summed E-state index contributed by atoms with van der Waals surface area (Å²) in [6.45, 7) is 3.30. The molecule has 1 saturated heterocycles. The molecule has 27 heavy (non-hydrogen) atoms. The third kappa shape index (κ3) is 4.17. The van der Waals surface area contributed by atoms with Gasteiger partial charge >= 0.3 is 0 Å². The average Bonchev–Trinajstić information content (AvgIpc) is 3.21. The van der Waals surface area contributed by atoms with Gasteiger partial charge in [0.2, 0.25) is 0 Å². The molecule has 1 atom stereocenters. The molecule has 1 fully saturated rings. The minimum absolute atomic E-state index is 0.00678. The summed E-state index contributed by atoms with van der Waals surface area (Å²) in [5.74, 6) is -0.197. The van der Waals surface area contributed by atoms with Crippen LogP contribution in [0.3, 0.4) is 0 Å². The van der Waals surface area contributed by atoms with Crippen LogP contribution >= 0.6 is 0 Å². The van der Waals surface area contributed by atoms with E-state index in [1.165, 1.54) is 4.90 Å². The Hall–Kier alpha value is -1.90. The topological polar surface area (TPSA) is 101 Å². The van der Waals surface area contributed by atoms with Gasteiger partial charge in [0.25, 0.3) is 11.8 Å². The van der Waals surface area contributed by atoms with E-state index in [9.17, 15) is 18.0 Å². The summed E-state index contributed by atoms with van der Waals surface area (Å²) in [6, 6.07) is -0.333. The molecule has 0 spiro atoms. The smallest absolute Gasteiger partial charge is 0.289 e. The van der Waals surface area contributed by atoms with Crippen molar-refractivity contribution in [3.8, 4) is 0 Å². The number of carbonyl (C=O) groups is 2. The van der Waals surface area contributed by atoms with E-state index in [1.54, 1.807) is 7.05 Å². The highest BCUT2D eigenvalue weighted by Gasteiger charge is 2.36. The molecule has 1 aromatic heterocycles. The Kier molecular flexibility index (Phi) is 5.88. The maximum Gasteiger partial charge on any atom is 0.289 e. The molecular weight excluding hydrogens is 368 g/mol. The lowest BCUT2D eigenvalue weighted by atomic mass is 10.1. The summed E-state index contributed by atoms with van der Waals surface area (Å²) in [4.78, 5) is 31.5. The maximum atomic E-state index is 13.0. The summed E-state index contributed by atoms with van der Waals surface area (Å²) < 4.78 is 25.3. The van der Waals surface area contributed by atoms with Gasteiger partial charge in [-0.05, 0) is 32.1 Å². The zero-order valence-corrected chi connectivity index (χ0v) is 16.8. The summed E-state index contributed by atoms with van der Waals surface area (Å²) in [7, 11) is -1.46. The van der Waals surface area contributed by atoms with E-state index in [2.05, 4.69) is 17.2 Å². The number of hydrogen-bond acceptors (Lipinski definition) is 5. The fraction of sp³-hybridized carbons (Fsp3) is 0.722. The SMILES string of the molecule is CCCCNC(=O)c1nc(C(=O)N(C)C2CCS(=O)(=O)C2)n2c1CCCC2. The molecule has 9 heteroatoms. The molecule has 2 aliphatic rings. The highest BCUT2D eigenvalue weighted by atomic mass is 32.2. The Bertz CT molecular complexity index is 831. The van der Waals surface area contributed by atoms with E-state index >= 15 is 0 Å². The lowest BCUT2D eigenvalue weighted by Gasteiger charge is -2.24. The third-order valence-electron chi connectivity index (χ3n) is 5.42. The highest BCUT2D eigenvalue weighted by molar-refractivity contribution is 7.91. The van der Waals surface area contributed by atoms with Crippen molar-refractivity contribution in [1.29, 1.82) is 0 Å². The van der Waals surface area contributed by atoms with Gasteiger partial charge in [0.15, 0.2) is 15.7 Å². The molecule has 0 aromatic carbocycles. The monoisotopic (exact) mass is 396 g/mol. The van der Waals surface area contributed by atoms with Gasteiger partial charge in [-0.25, -0.2) is 13.4 Å². The number of rotatable bonds is 6. The minimum atomic E-state index is -3.08. The fourth-order valence-electron chi connectivity index (χ4n) is 3.75. The molecule has 1 unspecified atom stereocenters. The van der Waals surface area contributed by atoms with Crippen LogP contribution in [0, 0.1) is 0 Å². The Balaban J connectivity index is 1.84. The van der Waals surface area contributed by atoms with Crippen LogP contribution in [0.4, 0.5) is 0 Å². The van der Waals surface area contributed by atoms with Gasteiger partial charge in [-0.2, -0.15) is 0 Å². The van der Waals surface area contributed by atoms with Gasteiger partial charge in [-0.1, -0.05) is 13.3 Å². The van der Waals surface area contributed by atoms with Crippen molar-refractivity contribution in [3.05, 3.63) is 17.2 Å². The lowest BCUT2D eigenvalue weighted by Crippen LogP contribution is -2.39. The molecule has 2 aliphatic heterocycles. The first-order chi connectivity index (χ1) is 12.8. The van der Waals surface area contributed by atoms with Crippen molar-refractivity contribution in [2.45, 2.75) is 58.0 Å². The van der Waals surface area contributed by atoms with Crippen LogP contribution in [-0.2, 0) is 22.8 Å². The zero-order valence-electron chi connectivity index (χ0n) is 16.0. The Morgan fingerprint density at radius 3 is 2.78 bits per heavy atom. The second-order valence-corrected chi connectivity index (χ2v) is 9.65. The summed E-state index contributed by atoms with van der Waals surface area (Å²) in [5, 5.41) is 2.88. The van der Waals surface area contributed by atoms with Crippen molar-refractivity contribution in [1.82, 2.24) is 19.8 Å². The largest absolute Gasteiger partial charge is 0.351 e. The molecule has 3 rings (SSSR count). The standard InChI is InChI=1S/C18H28N4O4S/c1-3-4-9-19-17(23)15-14-7-5-6-10-22(14)16(20-15)18(24)21(2)13-8-11-27(25,26)12-13/h13H,3-12H2,1-2H3,(H,19,23). The van der Waals surface area contributed by atoms with Gasteiger partial charge in [0.1, 0.15) is 5.69 Å². The predicted molar refractivity (Wildman–Crippen MR) is 102 cm³/mol. The van der Waals surface area contributed by atoms with Crippen molar-refractivity contribution < 1.29 is 18.0 Å². The number of amides is 2. The molecule has 0 aliphatic carbocycles. The third-order valence-corrected chi connectivity index (χ3v) is 7.17. The Morgan fingerprint density at radius 1 is 1.33 bits per heavy atom. The number of nitrogens with one attached hydrogen (secondary N) is 1. The van der Waals surface area contributed by atoms with Crippen molar-refractivity contribution >= 4 is 21.7 Å². The van der Waals surface area contributed by atoms with E-state index in [1.807, 2.05) is 4.57 Å². The van der Waals surface area contributed by atoms with E-state index < -0.39 is 9.84 Å². The van der Waals surface area contributed by atoms with Crippen molar-refractivity contribution in [2.75, 3.05) is 25.1 Å². The first-order valence-electron chi connectivity index (χ1n) is 9.69. The summed E-state index contributed by atoms with van der Waals surface area (Å²) in [5.41, 5.74) is 1.15. The number of sulfone groups is 1. The van der Waals surface area contributed by atoms with Crippen LogP contribution in [0.15, 0.2) is 0 Å². The first-order valence-corrected chi connectivity index (χ1v) is 11.5. The highest BCUT2D eigenvalue weighted by Crippen LogP contribution is 2.24. The van der Waals surface area contributed by atoms with E-state index in [0.717, 1.165) is 37.8 Å². The number of imidazole rings is 1. The first kappa shape index (κ1) is 19.9. The zero-order chi connectivity index (χ0) is 19.6. The molecule has 2 amide bonds. The van der Waals surface area contributed by atoms with E-state index in [4.69, 9.17) is 0 Å². The van der Waals surface area contributed by atoms with Crippen LogP contribution in [0.2, 0.25) is 0 Å². The normalized spacial score (nSPS) is 20.9. The van der Waals surface area contributed by atoms with Gasteiger partial charge in [-0.3, -0.25) is 9.59 Å². The maximum absolute atomic E-state index is 13.0. The minimum Gasteiger partial charge on any atom is -0.351 e. The van der Waals surface area contributed by atoms with Gasteiger partial charge < -0.3 is 14.8 Å². The Labute approximate surface area is 160 Å². The lowest BCUT2D eigenvalue weighted by molar-refractivity contribution is 0.0729. The number of nitrogens with zero attached hydrogens (tertiary/aromatic N) is 3. The molecule has 0 bridgehead atoms. The molecular formula is C18H28N4O4S. The van der Waals surface area contributed by atoms with E-state index in [0.29, 0.717) is 25.2 Å². The average molecular weight is 397 g/mol. The van der Waals surface area contributed by atoms with Gasteiger partial charge in [-0.15, -0.1) is 0 Å². The molecule has 1 aromatic rings. The number of carbonyl (C=O) groups excluding carboxylic acids is 2. The van der Waals surface area contributed by atoms with Crippen molar-refractivity contribution in [2.24, 2.45) is 0 Å². The molecule has 0 radical (unpaired) electrons. The summed E-state index contributed by atoms with van der Waals surface area (Å²) >= 11 is 0. The van der Waals surface area contributed by atoms with Crippen LogP contribution in [0.1, 0.15) is 65.8 Å². The number of aromatic nitrogens is 2. The van der Waals surface area contributed by atoms with Gasteiger partial charge in [0, 0.05) is 26.2 Å². The summed E-state index contributed by atoms with van der Waals surface area (Å²) in [6.07, 6.45) is 4.95. The molecule has 8 nitrogen and oxygen atoms in total. The quantitative estimate of drug-likeness (QED) is 0.723. The van der Waals surface area contributed by atoms with Crippen LogP contribution in [0.5, 0.6) is 0 Å². The molecule has 0 saturated carbocycles. The number of hydrogen-bond donors (Lipinski definition) is 1. The van der Waals surface area contributed by atoms with Crippen LogP contribution in [-0.4, -0.2) is 65.8 Å². The fourth-order valence-corrected chi connectivity index (χ4v) is 5.53. The Morgan fingerprint density at radius 2 is 2.11 bits per heavy atom. The van der Waals surface area contributed by atoms with Crippen LogP contribution < -0.4 is 5.32 Å². The van der Waals surface area contributed by atoms with Gasteiger partial charge in [0.05, 0.1) is 17.2 Å². The van der Waals surface area contributed by atoms with Crippen molar-refractivity contribution in [3.63, 3.8) is 0 Å². The molecule has 1 N–H and O–H groups in total. The number of fused-ring (bicyclic) bond motifs is 1. The predicted octanol–water partition coefficient (Wildman–Crippen LogP) is 1.01. The van der Waals surface area contributed by atoms with E-state index in [-0.39, 0.29) is 35.2 Å². The second-order valence-electron chi connectivity index (χ2n) is 7.42. The molecule has 150 valence electrons. The molecule has 3 heterocycles. The number of unbranched alkanes of at least 4 members (excludes halogenated alkanes) is 1. The second kappa shape index (κ2) is 8.00.